The number of aryl methyl sites for hydroxylation is 1. The molecule has 1 heterocycles. The zero-order valence-electron chi connectivity index (χ0n) is 14.0. The number of rotatable bonds is 4. The number of amidine groups is 1. The quantitative estimate of drug-likeness (QED) is 0.586. The molecule has 3 rings (SSSR count). The summed E-state index contributed by atoms with van der Waals surface area (Å²) in [6.07, 6.45) is 1.66. The van der Waals surface area contributed by atoms with Crippen molar-refractivity contribution >= 4 is 40.7 Å². The second-order valence-electron chi connectivity index (χ2n) is 5.79. The Morgan fingerprint density at radius 2 is 1.92 bits per heavy atom. The van der Waals surface area contributed by atoms with Crippen LogP contribution in [0.4, 0.5) is 0 Å². The van der Waals surface area contributed by atoms with Crippen LogP contribution in [0, 0.1) is 6.92 Å². The lowest BCUT2D eigenvalue weighted by Crippen LogP contribution is -2.31. The lowest BCUT2D eigenvalue weighted by molar-refractivity contribution is -0.126. The summed E-state index contributed by atoms with van der Waals surface area (Å²) in [6.45, 7) is 4.45. The Kier molecular flexibility index (Phi) is 5.56. The second-order valence-corrected chi connectivity index (χ2v) is 7.53. The molecule has 1 aliphatic rings. The highest BCUT2D eigenvalue weighted by molar-refractivity contribution is 8.15. The summed E-state index contributed by atoms with van der Waals surface area (Å²) < 4.78 is 0. The topological polar surface area (TPSA) is 45.0 Å². The fourth-order valence-corrected chi connectivity index (χ4v) is 3.51. The molecule has 1 aliphatic heterocycles. The van der Waals surface area contributed by atoms with Crippen LogP contribution in [0.25, 0.3) is 0 Å². The van der Waals surface area contributed by atoms with E-state index < -0.39 is 0 Å². The normalized spacial score (nSPS) is 19.3. The van der Waals surface area contributed by atoms with Crippen molar-refractivity contribution in [3.05, 3.63) is 70.2 Å². The Morgan fingerprint density at radius 1 is 1.20 bits per heavy atom. The lowest BCUT2D eigenvalue weighted by atomic mass is 10.1. The van der Waals surface area contributed by atoms with Crippen molar-refractivity contribution in [1.29, 1.82) is 0 Å². The highest BCUT2D eigenvalue weighted by Gasteiger charge is 2.35. The van der Waals surface area contributed by atoms with E-state index in [1.807, 2.05) is 50.2 Å². The third-order valence-corrected chi connectivity index (χ3v) is 5.26. The molecule has 1 fully saturated rings. The average molecular weight is 372 g/mol. The molecular weight excluding hydrogens is 354 g/mol. The van der Waals surface area contributed by atoms with Crippen LogP contribution < -0.4 is 0 Å². The van der Waals surface area contributed by atoms with E-state index in [0.29, 0.717) is 16.7 Å². The zero-order chi connectivity index (χ0) is 17.8. The van der Waals surface area contributed by atoms with E-state index in [0.717, 1.165) is 16.7 Å². The molecule has 25 heavy (non-hydrogen) atoms. The van der Waals surface area contributed by atoms with Gasteiger partial charge in [0.1, 0.15) is 0 Å². The maximum atomic E-state index is 12.5. The monoisotopic (exact) mass is 371 g/mol. The molecule has 6 heteroatoms. The number of carbonyl (C=O) groups excluding carboxylic acids is 1. The maximum Gasteiger partial charge on any atom is 0.242 e. The van der Waals surface area contributed by atoms with Crippen molar-refractivity contribution in [3.8, 4) is 0 Å². The Hall–Kier alpha value is -2.11. The molecule has 4 nitrogen and oxygen atoms in total. The fraction of sp³-hybridized carbons (Fsp3) is 0.211. The number of benzene rings is 2. The third-order valence-electron chi connectivity index (χ3n) is 3.94. The molecule has 0 aliphatic carbocycles. The summed E-state index contributed by atoms with van der Waals surface area (Å²) in [4.78, 5) is 14.2. The minimum Gasteiger partial charge on any atom is -0.284 e. The molecule has 1 amide bonds. The number of amides is 1. The predicted molar refractivity (Wildman–Crippen MR) is 105 cm³/mol. The molecule has 1 saturated heterocycles. The van der Waals surface area contributed by atoms with E-state index in [-0.39, 0.29) is 11.2 Å². The highest BCUT2D eigenvalue weighted by Crippen LogP contribution is 2.29. The lowest BCUT2D eigenvalue weighted by Gasteiger charge is -2.16. The molecule has 1 atom stereocenters. The van der Waals surface area contributed by atoms with Crippen LogP contribution in [0.3, 0.4) is 0 Å². The molecule has 128 valence electrons. The van der Waals surface area contributed by atoms with Gasteiger partial charge in [0.25, 0.3) is 0 Å². The van der Waals surface area contributed by atoms with Gasteiger partial charge in [-0.05, 0) is 42.7 Å². The highest BCUT2D eigenvalue weighted by atomic mass is 35.5. The van der Waals surface area contributed by atoms with E-state index in [4.69, 9.17) is 11.6 Å². The van der Waals surface area contributed by atoms with E-state index in [1.165, 1.54) is 11.8 Å². The first-order chi connectivity index (χ1) is 12.0. The van der Waals surface area contributed by atoms with Gasteiger partial charge in [-0.1, -0.05) is 59.8 Å². The Morgan fingerprint density at radius 3 is 2.64 bits per heavy atom. The number of hydrogen-bond donors (Lipinski definition) is 0. The van der Waals surface area contributed by atoms with Crippen LogP contribution in [-0.2, 0) is 11.3 Å². The van der Waals surface area contributed by atoms with E-state index in [2.05, 4.69) is 10.2 Å². The van der Waals surface area contributed by atoms with Gasteiger partial charge in [0.2, 0.25) is 5.91 Å². The average Bonchev–Trinajstić information content (AvgIpc) is 2.86. The number of halogens is 1. The van der Waals surface area contributed by atoms with Gasteiger partial charge >= 0.3 is 0 Å². The van der Waals surface area contributed by atoms with Gasteiger partial charge in [-0.2, -0.15) is 5.10 Å². The zero-order valence-corrected chi connectivity index (χ0v) is 15.6. The van der Waals surface area contributed by atoms with Crippen molar-refractivity contribution in [3.63, 3.8) is 0 Å². The first-order valence-electron chi connectivity index (χ1n) is 7.94. The molecule has 0 N–H and O–H groups in total. The van der Waals surface area contributed by atoms with Gasteiger partial charge in [0.15, 0.2) is 5.17 Å². The maximum absolute atomic E-state index is 12.5. The van der Waals surface area contributed by atoms with E-state index >= 15 is 0 Å². The number of thioether (sulfide) groups is 1. The van der Waals surface area contributed by atoms with Gasteiger partial charge in [-0.15, -0.1) is 5.10 Å². The molecule has 0 bridgehead atoms. The van der Waals surface area contributed by atoms with Crippen molar-refractivity contribution in [1.82, 2.24) is 4.90 Å². The molecule has 1 unspecified atom stereocenters. The smallest absolute Gasteiger partial charge is 0.242 e. The van der Waals surface area contributed by atoms with Crippen LogP contribution in [0.15, 0.2) is 58.7 Å². The first kappa shape index (κ1) is 17.7. The Labute approximate surface area is 156 Å². The minimum absolute atomic E-state index is 0.0636. The van der Waals surface area contributed by atoms with Crippen LogP contribution in [0.5, 0.6) is 0 Å². The van der Waals surface area contributed by atoms with E-state index in [1.54, 1.807) is 23.2 Å². The number of carbonyl (C=O) groups is 1. The molecule has 0 saturated carbocycles. The van der Waals surface area contributed by atoms with Gasteiger partial charge in [0, 0.05) is 5.02 Å². The van der Waals surface area contributed by atoms with Crippen molar-refractivity contribution in [2.75, 3.05) is 0 Å². The molecular formula is C19H18ClN3OS. The molecule has 0 radical (unpaired) electrons. The standard InChI is InChI=1S/C19H18ClN3OS/c1-13-5-3-4-6-16(13)12-23-18(24)14(2)25-19(23)22-21-11-15-7-9-17(20)10-8-15/h3-11,14H,12H2,1-2H3. The summed E-state index contributed by atoms with van der Waals surface area (Å²) in [5.41, 5.74) is 3.17. The predicted octanol–water partition coefficient (Wildman–Crippen LogP) is 4.50. The van der Waals surface area contributed by atoms with Gasteiger partial charge in [-0.3, -0.25) is 9.69 Å². The van der Waals surface area contributed by atoms with Crippen molar-refractivity contribution in [2.45, 2.75) is 25.6 Å². The number of hydrogen-bond acceptors (Lipinski definition) is 4. The molecule has 0 spiro atoms. The Bertz CT molecular complexity index is 833. The second kappa shape index (κ2) is 7.85. The van der Waals surface area contributed by atoms with Gasteiger partial charge in [0.05, 0.1) is 18.0 Å². The van der Waals surface area contributed by atoms with Crippen LogP contribution >= 0.6 is 23.4 Å². The first-order valence-corrected chi connectivity index (χ1v) is 9.19. The van der Waals surface area contributed by atoms with Crippen molar-refractivity contribution in [2.24, 2.45) is 10.2 Å². The summed E-state index contributed by atoms with van der Waals surface area (Å²) in [7, 11) is 0. The van der Waals surface area contributed by atoms with E-state index in [9.17, 15) is 4.79 Å². The molecule has 2 aromatic rings. The van der Waals surface area contributed by atoms with Crippen LogP contribution in [0.2, 0.25) is 5.02 Å². The van der Waals surface area contributed by atoms with Crippen molar-refractivity contribution < 1.29 is 4.79 Å². The summed E-state index contributed by atoms with van der Waals surface area (Å²) >= 11 is 7.31. The number of nitrogens with zero attached hydrogens (tertiary/aromatic N) is 3. The fourth-order valence-electron chi connectivity index (χ4n) is 2.46. The molecule has 0 aromatic heterocycles. The largest absolute Gasteiger partial charge is 0.284 e. The van der Waals surface area contributed by atoms with Gasteiger partial charge < -0.3 is 0 Å². The third kappa shape index (κ3) is 4.30. The summed E-state index contributed by atoms with van der Waals surface area (Å²) in [5, 5.41) is 9.58. The van der Waals surface area contributed by atoms with Gasteiger partial charge in [-0.25, -0.2) is 0 Å². The molecule has 2 aromatic carbocycles. The summed E-state index contributed by atoms with van der Waals surface area (Å²) in [6, 6.07) is 15.4. The van der Waals surface area contributed by atoms with Crippen LogP contribution in [-0.4, -0.2) is 27.4 Å². The Balaban J connectivity index is 1.79. The minimum atomic E-state index is -0.145. The summed E-state index contributed by atoms with van der Waals surface area (Å²) in [5.74, 6) is 0.0636. The SMILES string of the molecule is Cc1ccccc1CN1C(=O)C(C)SC1=NN=Cc1ccc(Cl)cc1. The van der Waals surface area contributed by atoms with Crippen LogP contribution in [0.1, 0.15) is 23.6 Å².